The quantitative estimate of drug-likeness (QED) is 0.247. The van der Waals surface area contributed by atoms with E-state index in [0.29, 0.717) is 30.7 Å². The molecular formula is C30H33BrFNO3. The van der Waals surface area contributed by atoms with Crippen molar-refractivity contribution in [2.24, 2.45) is 5.41 Å². The van der Waals surface area contributed by atoms with E-state index in [1.54, 1.807) is 6.07 Å². The number of carbonyl (C=O) groups is 1. The second-order valence-corrected chi connectivity index (χ2v) is 11.2. The van der Waals surface area contributed by atoms with Gasteiger partial charge in [0.25, 0.3) is 0 Å². The summed E-state index contributed by atoms with van der Waals surface area (Å²) in [6.07, 6.45) is 0.597. The zero-order valence-electron chi connectivity index (χ0n) is 21.3. The van der Waals surface area contributed by atoms with E-state index >= 15 is 4.39 Å². The minimum absolute atomic E-state index is 0.251. The number of hydrogen-bond donors (Lipinski definition) is 1. The largest absolute Gasteiger partial charge is 0.493 e. The molecule has 1 unspecified atom stereocenters. The Morgan fingerprint density at radius 3 is 2.50 bits per heavy atom. The molecule has 1 aliphatic rings. The van der Waals surface area contributed by atoms with E-state index < -0.39 is 6.09 Å². The summed E-state index contributed by atoms with van der Waals surface area (Å²) >= 11 is 3.42. The van der Waals surface area contributed by atoms with Gasteiger partial charge in [0, 0.05) is 23.0 Å². The first-order chi connectivity index (χ1) is 17.1. The average Bonchev–Trinajstić information content (AvgIpc) is 2.84. The average molecular weight is 555 g/mol. The molecule has 190 valence electrons. The van der Waals surface area contributed by atoms with Crippen molar-refractivity contribution >= 4 is 22.0 Å². The highest BCUT2D eigenvalue weighted by Gasteiger charge is 2.38. The predicted octanol–water partition coefficient (Wildman–Crippen LogP) is 8.26. The van der Waals surface area contributed by atoms with Gasteiger partial charge in [0.15, 0.2) is 0 Å². The Kier molecular flexibility index (Phi) is 7.74. The fourth-order valence-electron chi connectivity index (χ4n) is 5.20. The van der Waals surface area contributed by atoms with Gasteiger partial charge in [-0.25, -0.2) is 9.18 Å². The maximum Gasteiger partial charge on any atom is 0.407 e. The first-order valence-electron chi connectivity index (χ1n) is 12.3. The van der Waals surface area contributed by atoms with Crippen LogP contribution in [0.1, 0.15) is 49.9 Å². The summed E-state index contributed by atoms with van der Waals surface area (Å²) in [6, 6.07) is 16.9. The summed E-state index contributed by atoms with van der Waals surface area (Å²) in [5.74, 6) is 0.497. The van der Waals surface area contributed by atoms with Crippen LogP contribution in [0.4, 0.5) is 9.18 Å². The Labute approximate surface area is 221 Å². The van der Waals surface area contributed by atoms with Gasteiger partial charge in [-0.1, -0.05) is 85.2 Å². The van der Waals surface area contributed by atoms with Crippen molar-refractivity contribution in [2.75, 3.05) is 18.5 Å². The zero-order valence-corrected chi connectivity index (χ0v) is 22.9. The SMILES string of the molecule is Cc1c(OCCCBr)cccc1-c1cccc(-c2ccc3c(c2)CCN(C(=O)O)C3C(C)(C)C)c1F. The fourth-order valence-corrected chi connectivity index (χ4v) is 5.43. The maximum atomic E-state index is 16.0. The van der Waals surface area contributed by atoms with Crippen LogP contribution in [0.5, 0.6) is 5.75 Å². The number of amides is 1. The maximum absolute atomic E-state index is 16.0. The lowest BCUT2D eigenvalue weighted by molar-refractivity contribution is 0.0759. The molecule has 0 saturated carbocycles. The highest BCUT2D eigenvalue weighted by atomic mass is 79.9. The summed E-state index contributed by atoms with van der Waals surface area (Å²) in [5, 5.41) is 10.6. The first kappa shape index (κ1) is 26.2. The van der Waals surface area contributed by atoms with Gasteiger partial charge in [-0.15, -0.1) is 0 Å². The molecule has 0 aromatic heterocycles. The normalized spacial score (nSPS) is 15.5. The number of nitrogens with zero attached hydrogens (tertiary/aromatic N) is 1. The van der Waals surface area contributed by atoms with Crippen LogP contribution in [0.3, 0.4) is 0 Å². The number of fused-ring (bicyclic) bond motifs is 1. The van der Waals surface area contributed by atoms with Crippen molar-refractivity contribution in [3.05, 3.63) is 77.1 Å². The smallest absolute Gasteiger partial charge is 0.407 e. The van der Waals surface area contributed by atoms with Crippen LogP contribution in [0.2, 0.25) is 0 Å². The van der Waals surface area contributed by atoms with Gasteiger partial charge in [-0.2, -0.15) is 0 Å². The fraction of sp³-hybridized carbons (Fsp3) is 0.367. The van der Waals surface area contributed by atoms with Crippen LogP contribution < -0.4 is 4.74 Å². The summed E-state index contributed by atoms with van der Waals surface area (Å²) < 4.78 is 21.9. The van der Waals surface area contributed by atoms with Crippen molar-refractivity contribution in [2.45, 2.75) is 46.6 Å². The molecule has 4 rings (SSSR count). The topological polar surface area (TPSA) is 49.8 Å². The molecule has 1 heterocycles. The van der Waals surface area contributed by atoms with Crippen molar-refractivity contribution < 1.29 is 19.0 Å². The molecule has 0 radical (unpaired) electrons. The monoisotopic (exact) mass is 553 g/mol. The van der Waals surface area contributed by atoms with Crippen LogP contribution in [-0.4, -0.2) is 34.6 Å². The minimum atomic E-state index is -0.905. The number of hydrogen-bond acceptors (Lipinski definition) is 2. The second kappa shape index (κ2) is 10.6. The van der Waals surface area contributed by atoms with Gasteiger partial charge in [0.1, 0.15) is 11.6 Å². The molecule has 3 aromatic rings. The van der Waals surface area contributed by atoms with E-state index in [9.17, 15) is 9.90 Å². The van der Waals surface area contributed by atoms with Crippen molar-refractivity contribution in [1.82, 2.24) is 4.90 Å². The third-order valence-electron chi connectivity index (χ3n) is 6.86. The Morgan fingerprint density at radius 2 is 1.81 bits per heavy atom. The van der Waals surface area contributed by atoms with Gasteiger partial charge in [-0.05, 0) is 59.1 Å². The van der Waals surface area contributed by atoms with Crippen LogP contribution in [0.25, 0.3) is 22.3 Å². The number of ether oxygens (including phenoxy) is 1. The van der Waals surface area contributed by atoms with Crippen molar-refractivity contribution in [3.63, 3.8) is 0 Å². The molecule has 0 spiro atoms. The van der Waals surface area contributed by atoms with Gasteiger partial charge in [0.2, 0.25) is 0 Å². The van der Waals surface area contributed by atoms with Crippen LogP contribution in [0, 0.1) is 18.2 Å². The Morgan fingerprint density at radius 1 is 1.11 bits per heavy atom. The third kappa shape index (κ3) is 5.15. The summed E-state index contributed by atoms with van der Waals surface area (Å²) in [7, 11) is 0. The highest BCUT2D eigenvalue weighted by Crippen LogP contribution is 2.44. The van der Waals surface area contributed by atoms with Crippen LogP contribution in [0.15, 0.2) is 54.6 Å². The van der Waals surface area contributed by atoms with Gasteiger partial charge < -0.3 is 14.7 Å². The van der Waals surface area contributed by atoms with Crippen molar-refractivity contribution in [1.29, 1.82) is 0 Å². The molecule has 1 aliphatic heterocycles. The Hall–Kier alpha value is -2.86. The Bertz CT molecular complexity index is 1270. The number of carboxylic acid groups (broad SMARTS) is 1. The molecule has 0 saturated heterocycles. The van der Waals surface area contributed by atoms with E-state index in [1.807, 2.05) is 55.5 Å². The summed E-state index contributed by atoms with van der Waals surface area (Å²) in [5.41, 5.74) is 5.41. The molecule has 1 N–H and O–H groups in total. The number of benzene rings is 3. The molecule has 36 heavy (non-hydrogen) atoms. The summed E-state index contributed by atoms with van der Waals surface area (Å²) in [6.45, 7) is 9.16. The lowest BCUT2D eigenvalue weighted by Gasteiger charge is -2.43. The minimum Gasteiger partial charge on any atom is -0.493 e. The molecule has 0 fully saturated rings. The molecule has 0 aliphatic carbocycles. The van der Waals surface area contributed by atoms with E-state index in [-0.39, 0.29) is 17.3 Å². The first-order valence-corrected chi connectivity index (χ1v) is 13.5. The standard InChI is InChI=1S/C30H33BrFNO3/c1-19-22(8-6-11-26(19)36-17-7-15-31)25-10-5-9-23(27(25)32)20-12-13-24-21(18-20)14-16-33(29(34)35)28(24)30(2,3)4/h5-6,8-13,18,28H,7,14-17H2,1-4H3,(H,34,35). The van der Waals surface area contributed by atoms with Crippen LogP contribution >= 0.6 is 15.9 Å². The lowest BCUT2D eigenvalue weighted by atomic mass is 9.76. The number of halogens is 2. The lowest BCUT2D eigenvalue weighted by Crippen LogP contribution is -2.44. The number of alkyl halides is 1. The van der Waals surface area contributed by atoms with E-state index in [4.69, 9.17) is 4.74 Å². The molecule has 1 amide bonds. The predicted molar refractivity (Wildman–Crippen MR) is 147 cm³/mol. The summed E-state index contributed by atoms with van der Waals surface area (Å²) in [4.78, 5) is 13.4. The van der Waals surface area contributed by atoms with Gasteiger partial charge >= 0.3 is 6.09 Å². The number of rotatable bonds is 6. The highest BCUT2D eigenvalue weighted by molar-refractivity contribution is 9.09. The van der Waals surface area contributed by atoms with Gasteiger partial charge in [0.05, 0.1) is 12.6 Å². The van der Waals surface area contributed by atoms with Crippen LogP contribution in [-0.2, 0) is 6.42 Å². The molecule has 3 aromatic carbocycles. The van der Waals surface area contributed by atoms with E-state index in [2.05, 4.69) is 36.7 Å². The molecular weight excluding hydrogens is 521 g/mol. The Balaban J connectivity index is 1.73. The van der Waals surface area contributed by atoms with E-state index in [0.717, 1.165) is 45.3 Å². The molecule has 0 bridgehead atoms. The molecule has 4 nitrogen and oxygen atoms in total. The molecule has 6 heteroatoms. The van der Waals surface area contributed by atoms with E-state index in [1.165, 1.54) is 4.90 Å². The van der Waals surface area contributed by atoms with Crippen molar-refractivity contribution in [3.8, 4) is 28.0 Å². The zero-order chi connectivity index (χ0) is 26.0. The third-order valence-corrected chi connectivity index (χ3v) is 7.42. The second-order valence-electron chi connectivity index (χ2n) is 10.4. The van der Waals surface area contributed by atoms with Gasteiger partial charge in [-0.3, -0.25) is 0 Å². The molecule has 1 atom stereocenters.